The molecule has 0 aromatic heterocycles. The number of thioether (sulfide) groups is 1. The summed E-state index contributed by atoms with van der Waals surface area (Å²) in [5, 5.41) is 3.61. The lowest BCUT2D eigenvalue weighted by Gasteiger charge is -2.22. The molecule has 0 aliphatic heterocycles. The van der Waals surface area contributed by atoms with Gasteiger partial charge in [0.25, 0.3) is 0 Å². The molecule has 0 heterocycles. The van der Waals surface area contributed by atoms with E-state index in [1.165, 1.54) is 0 Å². The van der Waals surface area contributed by atoms with Crippen LogP contribution in [0.2, 0.25) is 5.02 Å². The summed E-state index contributed by atoms with van der Waals surface area (Å²) in [5.41, 5.74) is 5.18. The quantitative estimate of drug-likeness (QED) is 0.601. The maximum atomic E-state index is 11.8. The van der Waals surface area contributed by atoms with E-state index in [1.807, 2.05) is 31.2 Å². The highest BCUT2D eigenvalue weighted by atomic mass is 35.5. The predicted octanol–water partition coefficient (Wildman–Crippen LogP) is 3.07. The second-order valence-electron chi connectivity index (χ2n) is 4.73. The van der Waals surface area contributed by atoms with Crippen LogP contribution < -0.4 is 11.1 Å². The van der Waals surface area contributed by atoms with Crippen LogP contribution in [-0.4, -0.2) is 23.7 Å². The van der Waals surface area contributed by atoms with Crippen LogP contribution in [0.15, 0.2) is 29.2 Å². The molecule has 0 saturated carbocycles. The van der Waals surface area contributed by atoms with Crippen LogP contribution in [0, 0.1) is 0 Å². The Labute approximate surface area is 124 Å². The zero-order valence-electron chi connectivity index (χ0n) is 11.4. The number of carbonyl (C=O) groups is 1. The summed E-state index contributed by atoms with van der Waals surface area (Å²) in [6.45, 7) is 4.41. The van der Waals surface area contributed by atoms with Crippen LogP contribution >= 0.6 is 23.4 Å². The number of benzene rings is 1. The van der Waals surface area contributed by atoms with Crippen LogP contribution in [0.4, 0.5) is 0 Å². The highest BCUT2D eigenvalue weighted by Crippen LogP contribution is 2.19. The van der Waals surface area contributed by atoms with Gasteiger partial charge in [0.1, 0.15) is 0 Å². The van der Waals surface area contributed by atoms with Crippen LogP contribution in [0.5, 0.6) is 0 Å². The van der Waals surface area contributed by atoms with Gasteiger partial charge >= 0.3 is 0 Å². The third kappa shape index (κ3) is 5.85. The standard InChI is InChI=1S/C14H21ClN2OS/c1-3-8-14(2,16)13(18)17-9-10-19-12-6-4-11(15)5-7-12/h4-7H,3,8-10,16H2,1-2H3,(H,17,18). The van der Waals surface area contributed by atoms with Gasteiger partial charge in [-0.25, -0.2) is 0 Å². The molecule has 106 valence electrons. The molecule has 1 aromatic carbocycles. The Bertz CT molecular complexity index is 406. The Morgan fingerprint density at radius 3 is 2.63 bits per heavy atom. The van der Waals surface area contributed by atoms with E-state index in [2.05, 4.69) is 5.32 Å². The molecule has 0 aliphatic rings. The first kappa shape index (κ1) is 16.3. The second-order valence-corrected chi connectivity index (χ2v) is 6.33. The van der Waals surface area contributed by atoms with Gasteiger partial charge < -0.3 is 11.1 Å². The molecule has 0 radical (unpaired) electrons. The van der Waals surface area contributed by atoms with E-state index in [9.17, 15) is 4.79 Å². The number of hydrogen-bond acceptors (Lipinski definition) is 3. The van der Waals surface area contributed by atoms with Gasteiger partial charge in [-0.05, 0) is 37.6 Å². The summed E-state index contributed by atoms with van der Waals surface area (Å²) in [4.78, 5) is 13.0. The average molecular weight is 301 g/mol. The number of carbonyl (C=O) groups excluding carboxylic acids is 1. The van der Waals surface area contributed by atoms with Gasteiger partial charge in [-0.15, -0.1) is 11.8 Å². The first-order chi connectivity index (χ1) is 8.95. The Kier molecular flexibility index (Phi) is 6.69. The summed E-state index contributed by atoms with van der Waals surface area (Å²) in [5.74, 6) is 0.737. The zero-order valence-corrected chi connectivity index (χ0v) is 13.0. The minimum atomic E-state index is -0.764. The number of rotatable bonds is 7. The van der Waals surface area contributed by atoms with Crippen LogP contribution in [-0.2, 0) is 4.79 Å². The molecule has 0 saturated heterocycles. The molecule has 3 nitrogen and oxygen atoms in total. The topological polar surface area (TPSA) is 55.1 Å². The van der Waals surface area contributed by atoms with Crippen molar-refractivity contribution >= 4 is 29.3 Å². The lowest BCUT2D eigenvalue weighted by atomic mass is 9.97. The van der Waals surface area contributed by atoms with Crippen LogP contribution in [0.25, 0.3) is 0 Å². The molecule has 0 aliphatic carbocycles. The van der Waals surface area contributed by atoms with Gasteiger partial charge in [-0.2, -0.15) is 0 Å². The fraction of sp³-hybridized carbons (Fsp3) is 0.500. The number of nitrogens with two attached hydrogens (primary N) is 1. The number of hydrogen-bond donors (Lipinski definition) is 2. The Morgan fingerprint density at radius 2 is 2.05 bits per heavy atom. The Hall–Kier alpha value is -0.710. The van der Waals surface area contributed by atoms with E-state index in [-0.39, 0.29) is 5.91 Å². The van der Waals surface area contributed by atoms with Gasteiger partial charge in [-0.3, -0.25) is 4.79 Å². The summed E-state index contributed by atoms with van der Waals surface area (Å²) in [6, 6.07) is 7.67. The van der Waals surface area contributed by atoms with Crippen LogP contribution in [0.1, 0.15) is 26.7 Å². The van der Waals surface area contributed by atoms with Crippen molar-refractivity contribution in [2.24, 2.45) is 5.73 Å². The molecule has 3 N–H and O–H groups in total. The fourth-order valence-corrected chi connectivity index (χ4v) is 2.59. The van der Waals surface area contributed by atoms with Crippen LogP contribution in [0.3, 0.4) is 0 Å². The van der Waals surface area contributed by atoms with E-state index in [0.717, 1.165) is 22.1 Å². The SMILES string of the molecule is CCCC(C)(N)C(=O)NCCSc1ccc(Cl)cc1. The van der Waals surface area contributed by atoms with Gasteiger partial charge in [0.15, 0.2) is 0 Å². The Balaban J connectivity index is 2.27. The van der Waals surface area contributed by atoms with Gasteiger partial charge in [-0.1, -0.05) is 24.9 Å². The average Bonchev–Trinajstić information content (AvgIpc) is 2.36. The molecular formula is C14H21ClN2OS. The molecule has 5 heteroatoms. The molecule has 0 bridgehead atoms. The molecule has 1 rings (SSSR count). The summed E-state index contributed by atoms with van der Waals surface area (Å²) < 4.78 is 0. The van der Waals surface area contributed by atoms with Crippen molar-refractivity contribution in [3.05, 3.63) is 29.3 Å². The van der Waals surface area contributed by atoms with E-state index >= 15 is 0 Å². The molecule has 1 unspecified atom stereocenters. The first-order valence-electron chi connectivity index (χ1n) is 6.41. The first-order valence-corrected chi connectivity index (χ1v) is 7.77. The molecule has 1 aromatic rings. The van der Waals surface area contributed by atoms with E-state index in [0.29, 0.717) is 13.0 Å². The minimum Gasteiger partial charge on any atom is -0.354 e. The summed E-state index contributed by atoms with van der Waals surface area (Å²) >= 11 is 7.50. The van der Waals surface area contributed by atoms with Crippen molar-refractivity contribution in [3.63, 3.8) is 0 Å². The molecular weight excluding hydrogens is 280 g/mol. The van der Waals surface area contributed by atoms with Gasteiger partial charge in [0, 0.05) is 22.2 Å². The van der Waals surface area contributed by atoms with Crippen molar-refractivity contribution in [1.82, 2.24) is 5.32 Å². The lowest BCUT2D eigenvalue weighted by Crippen LogP contribution is -2.51. The molecule has 1 amide bonds. The highest BCUT2D eigenvalue weighted by Gasteiger charge is 2.26. The van der Waals surface area contributed by atoms with Crippen molar-refractivity contribution in [2.45, 2.75) is 37.1 Å². The number of halogens is 1. The monoisotopic (exact) mass is 300 g/mol. The van der Waals surface area contributed by atoms with E-state index < -0.39 is 5.54 Å². The zero-order chi connectivity index (χ0) is 14.3. The second kappa shape index (κ2) is 7.78. The molecule has 1 atom stereocenters. The van der Waals surface area contributed by atoms with E-state index in [4.69, 9.17) is 17.3 Å². The maximum Gasteiger partial charge on any atom is 0.239 e. The van der Waals surface area contributed by atoms with Crippen molar-refractivity contribution in [3.8, 4) is 0 Å². The van der Waals surface area contributed by atoms with Gasteiger partial charge in [0.2, 0.25) is 5.91 Å². The van der Waals surface area contributed by atoms with E-state index in [1.54, 1.807) is 18.7 Å². The van der Waals surface area contributed by atoms with Crippen molar-refractivity contribution in [1.29, 1.82) is 0 Å². The lowest BCUT2D eigenvalue weighted by molar-refractivity contribution is -0.125. The third-order valence-electron chi connectivity index (χ3n) is 2.76. The Morgan fingerprint density at radius 1 is 1.42 bits per heavy atom. The van der Waals surface area contributed by atoms with Crippen molar-refractivity contribution in [2.75, 3.05) is 12.3 Å². The fourth-order valence-electron chi connectivity index (χ4n) is 1.70. The predicted molar refractivity (Wildman–Crippen MR) is 82.7 cm³/mol. The maximum absolute atomic E-state index is 11.8. The third-order valence-corrected chi connectivity index (χ3v) is 4.02. The number of nitrogens with one attached hydrogen (secondary N) is 1. The normalized spacial score (nSPS) is 13.9. The molecule has 19 heavy (non-hydrogen) atoms. The summed E-state index contributed by atoms with van der Waals surface area (Å²) in [7, 11) is 0. The van der Waals surface area contributed by atoms with Crippen molar-refractivity contribution < 1.29 is 4.79 Å². The van der Waals surface area contributed by atoms with Gasteiger partial charge in [0.05, 0.1) is 5.54 Å². The smallest absolute Gasteiger partial charge is 0.239 e. The molecule has 0 spiro atoms. The largest absolute Gasteiger partial charge is 0.354 e. The highest BCUT2D eigenvalue weighted by molar-refractivity contribution is 7.99. The summed E-state index contributed by atoms with van der Waals surface area (Å²) in [6.07, 6.45) is 1.60. The minimum absolute atomic E-state index is 0.0777. The molecule has 0 fully saturated rings. The number of amides is 1.